The molecule has 0 N–H and O–H groups in total. The molecule has 3 aromatic carbocycles. The van der Waals surface area contributed by atoms with E-state index in [4.69, 9.17) is 4.43 Å². The first-order valence-corrected chi connectivity index (χ1v) is 14.9. The van der Waals surface area contributed by atoms with Crippen molar-refractivity contribution < 1.29 is 8.82 Å². The van der Waals surface area contributed by atoms with Crippen molar-refractivity contribution in [3.8, 4) is 0 Å². The van der Waals surface area contributed by atoms with Gasteiger partial charge in [0.1, 0.15) is 6.17 Å². The molecule has 1 aliphatic heterocycles. The summed E-state index contributed by atoms with van der Waals surface area (Å²) in [6, 6.07) is 31.9. The van der Waals surface area contributed by atoms with Crippen molar-refractivity contribution >= 4 is 18.7 Å². The SMILES string of the molecule is C[C@H]1CN(Cc2ccccc2)C[C@@H](CCO[Si](c2ccccc2)(c2ccccc2)C(C)(C)C)[C@@H]1F. The molecular formula is C31H40FNOSi. The minimum Gasteiger partial charge on any atom is -0.407 e. The van der Waals surface area contributed by atoms with E-state index in [0.717, 1.165) is 26.1 Å². The van der Waals surface area contributed by atoms with E-state index in [1.165, 1.54) is 15.9 Å². The predicted molar refractivity (Wildman–Crippen MR) is 147 cm³/mol. The maximum absolute atomic E-state index is 15.4. The van der Waals surface area contributed by atoms with Crippen LogP contribution < -0.4 is 10.4 Å². The lowest BCUT2D eigenvalue weighted by Crippen LogP contribution is -2.66. The fourth-order valence-electron chi connectivity index (χ4n) is 5.83. The average Bonchev–Trinajstić information content (AvgIpc) is 2.85. The van der Waals surface area contributed by atoms with Crippen LogP contribution in [0.5, 0.6) is 0 Å². The van der Waals surface area contributed by atoms with E-state index >= 15 is 4.39 Å². The summed E-state index contributed by atoms with van der Waals surface area (Å²) in [5.41, 5.74) is 1.29. The molecule has 3 atom stereocenters. The molecule has 0 spiro atoms. The van der Waals surface area contributed by atoms with Gasteiger partial charge in [0.15, 0.2) is 0 Å². The molecule has 0 aliphatic carbocycles. The highest BCUT2D eigenvalue weighted by atomic mass is 28.4. The first-order valence-electron chi connectivity index (χ1n) is 13.0. The van der Waals surface area contributed by atoms with Crippen molar-refractivity contribution in [1.29, 1.82) is 0 Å². The third-order valence-electron chi connectivity index (χ3n) is 7.51. The number of piperidine rings is 1. The van der Waals surface area contributed by atoms with Crippen LogP contribution in [0.1, 0.15) is 39.7 Å². The van der Waals surface area contributed by atoms with E-state index in [9.17, 15) is 0 Å². The molecule has 186 valence electrons. The van der Waals surface area contributed by atoms with Gasteiger partial charge in [-0.25, -0.2) is 4.39 Å². The first-order chi connectivity index (χ1) is 16.8. The summed E-state index contributed by atoms with van der Waals surface area (Å²) in [5.74, 6) is 0.0194. The topological polar surface area (TPSA) is 12.5 Å². The molecule has 0 bridgehead atoms. The van der Waals surface area contributed by atoms with Crippen molar-refractivity contribution in [1.82, 2.24) is 4.90 Å². The summed E-state index contributed by atoms with van der Waals surface area (Å²) in [7, 11) is -2.59. The molecule has 0 saturated carbocycles. The summed E-state index contributed by atoms with van der Waals surface area (Å²) in [4.78, 5) is 2.42. The Morgan fingerprint density at radius 2 is 1.34 bits per heavy atom. The Kier molecular flexibility index (Phi) is 8.26. The molecule has 4 heteroatoms. The maximum atomic E-state index is 15.4. The molecule has 0 aromatic heterocycles. The van der Waals surface area contributed by atoms with E-state index in [1.54, 1.807) is 0 Å². The number of hydrogen-bond acceptors (Lipinski definition) is 2. The quantitative estimate of drug-likeness (QED) is 0.357. The zero-order valence-electron chi connectivity index (χ0n) is 21.7. The van der Waals surface area contributed by atoms with Crippen LogP contribution in [0.25, 0.3) is 0 Å². The standard InChI is InChI=1S/C31H40FNOSi/c1-25-22-33(23-26-14-8-5-9-15-26)24-27(30(25)32)20-21-34-35(31(2,3)4,28-16-10-6-11-17-28)29-18-12-7-13-19-29/h5-19,25,27,30H,20-24H2,1-4H3/t25-,27+,30+/m0/s1. The molecule has 1 heterocycles. The average molecular weight is 490 g/mol. The van der Waals surface area contributed by atoms with Gasteiger partial charge in [0.25, 0.3) is 8.32 Å². The van der Waals surface area contributed by atoms with Crippen LogP contribution in [0.4, 0.5) is 4.39 Å². The fraction of sp³-hybridized carbons (Fsp3) is 0.419. The van der Waals surface area contributed by atoms with Crippen molar-refractivity contribution in [3.63, 3.8) is 0 Å². The normalized spacial score (nSPS) is 21.7. The third-order valence-corrected chi connectivity index (χ3v) is 12.5. The molecule has 35 heavy (non-hydrogen) atoms. The van der Waals surface area contributed by atoms with Crippen LogP contribution in [-0.2, 0) is 11.0 Å². The minimum atomic E-state index is -2.59. The lowest BCUT2D eigenvalue weighted by atomic mass is 9.86. The summed E-state index contributed by atoms with van der Waals surface area (Å²) >= 11 is 0. The number of halogens is 1. The summed E-state index contributed by atoms with van der Waals surface area (Å²) < 4.78 is 22.4. The van der Waals surface area contributed by atoms with Crippen LogP contribution in [0.3, 0.4) is 0 Å². The zero-order valence-corrected chi connectivity index (χ0v) is 22.7. The number of rotatable bonds is 8. The fourth-order valence-corrected chi connectivity index (χ4v) is 10.4. The third kappa shape index (κ3) is 5.77. The van der Waals surface area contributed by atoms with Crippen molar-refractivity contribution in [2.24, 2.45) is 11.8 Å². The van der Waals surface area contributed by atoms with Gasteiger partial charge in [-0.3, -0.25) is 4.90 Å². The van der Waals surface area contributed by atoms with E-state index in [0.29, 0.717) is 6.61 Å². The highest BCUT2D eigenvalue weighted by Gasteiger charge is 2.50. The number of alkyl halides is 1. The lowest BCUT2D eigenvalue weighted by Gasteiger charge is -2.44. The molecular weight excluding hydrogens is 449 g/mol. The summed E-state index contributed by atoms with van der Waals surface area (Å²) in [6.45, 7) is 12.0. The van der Waals surface area contributed by atoms with Crippen molar-refractivity contribution in [2.45, 2.75) is 51.9 Å². The molecule has 1 aliphatic rings. The van der Waals surface area contributed by atoms with Gasteiger partial charge < -0.3 is 4.43 Å². The summed E-state index contributed by atoms with van der Waals surface area (Å²) in [6.07, 6.45) is -0.0498. The second kappa shape index (κ2) is 11.2. The van der Waals surface area contributed by atoms with E-state index in [2.05, 4.69) is 118 Å². The Morgan fingerprint density at radius 1 is 0.829 bits per heavy atom. The second-order valence-electron chi connectivity index (χ2n) is 11.2. The maximum Gasteiger partial charge on any atom is 0.261 e. The van der Waals surface area contributed by atoms with Crippen LogP contribution in [-0.4, -0.2) is 39.1 Å². The molecule has 2 nitrogen and oxygen atoms in total. The molecule has 0 amide bonds. The van der Waals surface area contributed by atoms with Gasteiger partial charge in [0, 0.05) is 38.1 Å². The Labute approximate surface area is 212 Å². The Bertz CT molecular complexity index is 998. The molecule has 4 rings (SSSR count). The molecule has 1 saturated heterocycles. The van der Waals surface area contributed by atoms with E-state index in [1.807, 2.05) is 6.07 Å². The van der Waals surface area contributed by atoms with Gasteiger partial charge in [-0.2, -0.15) is 0 Å². The summed E-state index contributed by atoms with van der Waals surface area (Å²) in [5, 5.41) is 2.49. The van der Waals surface area contributed by atoms with Crippen molar-refractivity contribution in [3.05, 3.63) is 96.6 Å². The highest BCUT2D eigenvalue weighted by Crippen LogP contribution is 2.37. The number of likely N-dealkylation sites (tertiary alicyclic amines) is 1. The van der Waals surface area contributed by atoms with Crippen LogP contribution in [0.2, 0.25) is 5.04 Å². The second-order valence-corrected chi connectivity index (χ2v) is 15.5. The Morgan fingerprint density at radius 3 is 1.86 bits per heavy atom. The molecule has 0 radical (unpaired) electrons. The Hall–Kier alpha value is -2.27. The number of nitrogens with zero attached hydrogens (tertiary/aromatic N) is 1. The molecule has 0 unspecified atom stereocenters. The van der Waals surface area contributed by atoms with Gasteiger partial charge in [-0.15, -0.1) is 0 Å². The van der Waals surface area contributed by atoms with Gasteiger partial charge in [0.2, 0.25) is 0 Å². The van der Waals surface area contributed by atoms with Gasteiger partial charge >= 0.3 is 0 Å². The van der Waals surface area contributed by atoms with E-state index < -0.39 is 14.5 Å². The largest absolute Gasteiger partial charge is 0.407 e. The van der Waals surface area contributed by atoms with Crippen LogP contribution >= 0.6 is 0 Å². The number of hydrogen-bond donors (Lipinski definition) is 0. The molecule has 3 aromatic rings. The highest BCUT2D eigenvalue weighted by molar-refractivity contribution is 6.99. The first kappa shape index (κ1) is 25.8. The van der Waals surface area contributed by atoms with Gasteiger partial charge in [-0.05, 0) is 27.4 Å². The number of benzene rings is 3. The smallest absolute Gasteiger partial charge is 0.261 e. The minimum absolute atomic E-state index is 0.0133. The van der Waals surface area contributed by atoms with Crippen LogP contribution in [0, 0.1) is 11.8 Å². The lowest BCUT2D eigenvalue weighted by molar-refractivity contribution is 0.0267. The monoisotopic (exact) mass is 489 g/mol. The van der Waals surface area contributed by atoms with Gasteiger partial charge in [-0.1, -0.05) is 119 Å². The van der Waals surface area contributed by atoms with Crippen molar-refractivity contribution in [2.75, 3.05) is 19.7 Å². The van der Waals surface area contributed by atoms with Crippen LogP contribution in [0.15, 0.2) is 91.0 Å². The van der Waals surface area contributed by atoms with Gasteiger partial charge in [0.05, 0.1) is 0 Å². The van der Waals surface area contributed by atoms with E-state index in [-0.39, 0.29) is 16.9 Å². The Balaban J connectivity index is 1.54. The zero-order chi connectivity index (χ0) is 24.9. The molecule has 1 fully saturated rings. The predicted octanol–water partition coefficient (Wildman–Crippen LogP) is 6.06.